The van der Waals surface area contributed by atoms with Crippen LogP contribution in [0, 0.1) is 19.7 Å². The minimum Gasteiger partial charge on any atom is -0.393 e. The Labute approximate surface area is 150 Å². The second-order valence-electron chi connectivity index (χ2n) is 5.68. The highest BCUT2D eigenvalue weighted by molar-refractivity contribution is 6.31. The fourth-order valence-corrected chi connectivity index (χ4v) is 2.48. The number of anilines is 5. The van der Waals surface area contributed by atoms with Gasteiger partial charge in [0, 0.05) is 11.4 Å². The van der Waals surface area contributed by atoms with Crippen LogP contribution in [0.3, 0.4) is 0 Å². The van der Waals surface area contributed by atoms with Gasteiger partial charge in [0.2, 0.25) is 0 Å². The van der Waals surface area contributed by atoms with Gasteiger partial charge >= 0.3 is 0 Å². The van der Waals surface area contributed by atoms with Gasteiger partial charge < -0.3 is 16.4 Å². The number of hydrogen-bond donors (Lipinski definition) is 3. The number of halogens is 2. The Kier molecular flexibility index (Phi) is 4.72. The summed E-state index contributed by atoms with van der Waals surface area (Å²) in [6.45, 7) is 4.01. The fourth-order valence-electron chi connectivity index (χ4n) is 2.30. The van der Waals surface area contributed by atoms with E-state index in [1.165, 1.54) is 18.5 Å². The van der Waals surface area contributed by atoms with E-state index in [0.717, 1.165) is 16.8 Å². The zero-order valence-corrected chi connectivity index (χ0v) is 14.5. The lowest BCUT2D eigenvalue weighted by Crippen LogP contribution is -2.06. The van der Waals surface area contributed by atoms with E-state index in [1.54, 1.807) is 6.07 Å². The van der Waals surface area contributed by atoms with E-state index >= 15 is 0 Å². The van der Waals surface area contributed by atoms with Crippen molar-refractivity contribution < 1.29 is 4.39 Å². The fraction of sp³-hybridized carbons (Fsp3) is 0.111. The first-order chi connectivity index (χ1) is 11.9. The van der Waals surface area contributed by atoms with Crippen LogP contribution in [0.1, 0.15) is 11.1 Å². The number of rotatable bonds is 4. The number of aryl methyl sites for hydroxylation is 2. The minimum absolute atomic E-state index is 0.0198. The highest BCUT2D eigenvalue weighted by atomic mass is 35.5. The van der Waals surface area contributed by atoms with Gasteiger partial charge in [-0.2, -0.15) is 0 Å². The molecule has 0 fully saturated rings. The van der Waals surface area contributed by atoms with Gasteiger partial charge in [0.05, 0.1) is 5.02 Å². The van der Waals surface area contributed by atoms with Crippen LogP contribution >= 0.6 is 11.6 Å². The number of nitrogens with zero attached hydrogens (tertiary/aromatic N) is 2. The predicted octanol–water partition coefficient (Wildman–Crippen LogP) is 4.96. The molecule has 0 aliphatic rings. The van der Waals surface area contributed by atoms with Gasteiger partial charge in [-0.05, 0) is 49.2 Å². The van der Waals surface area contributed by atoms with Gasteiger partial charge in [0.1, 0.15) is 17.8 Å². The summed E-state index contributed by atoms with van der Waals surface area (Å²) in [5.74, 6) is 0.407. The van der Waals surface area contributed by atoms with Crippen molar-refractivity contribution in [1.29, 1.82) is 0 Å². The van der Waals surface area contributed by atoms with Crippen LogP contribution in [-0.4, -0.2) is 9.97 Å². The largest absolute Gasteiger partial charge is 0.393 e. The van der Waals surface area contributed by atoms with Gasteiger partial charge in [-0.15, -0.1) is 0 Å². The Morgan fingerprint density at radius 2 is 1.72 bits per heavy atom. The van der Waals surface area contributed by atoms with Gasteiger partial charge in [0.15, 0.2) is 11.6 Å². The molecule has 25 heavy (non-hydrogen) atoms. The molecule has 0 spiro atoms. The molecule has 0 atom stereocenters. The van der Waals surface area contributed by atoms with E-state index in [4.69, 9.17) is 17.3 Å². The number of aromatic nitrogens is 2. The van der Waals surface area contributed by atoms with E-state index in [1.807, 2.05) is 32.0 Å². The van der Waals surface area contributed by atoms with E-state index in [9.17, 15) is 4.39 Å². The van der Waals surface area contributed by atoms with Crippen LogP contribution in [-0.2, 0) is 0 Å². The maximum Gasteiger partial charge on any atom is 0.159 e. The Hall–Kier alpha value is -2.86. The summed E-state index contributed by atoms with van der Waals surface area (Å²) < 4.78 is 13.3. The molecule has 3 rings (SSSR count). The van der Waals surface area contributed by atoms with Crippen LogP contribution in [0.2, 0.25) is 5.02 Å². The average Bonchev–Trinajstić information content (AvgIpc) is 2.58. The molecular weight excluding hydrogens is 341 g/mol. The van der Waals surface area contributed by atoms with E-state index < -0.39 is 5.82 Å². The molecule has 0 saturated heterocycles. The molecule has 0 bridgehead atoms. The van der Waals surface area contributed by atoms with Crippen molar-refractivity contribution in [1.82, 2.24) is 9.97 Å². The number of nitrogens with one attached hydrogen (secondary N) is 2. The highest BCUT2D eigenvalue weighted by Gasteiger charge is 2.11. The molecule has 0 unspecified atom stereocenters. The van der Waals surface area contributed by atoms with Crippen LogP contribution in [0.15, 0.2) is 42.7 Å². The molecule has 2 aromatic carbocycles. The number of nitrogen functional groups attached to an aromatic ring is 1. The third-order valence-electron chi connectivity index (χ3n) is 3.71. The Bertz CT molecular complexity index is 929. The lowest BCUT2D eigenvalue weighted by molar-refractivity contribution is 0.628. The molecule has 0 radical (unpaired) electrons. The molecule has 3 aromatic rings. The summed E-state index contributed by atoms with van der Waals surface area (Å²) in [7, 11) is 0. The van der Waals surface area contributed by atoms with Crippen molar-refractivity contribution in [2.24, 2.45) is 0 Å². The summed E-state index contributed by atoms with van der Waals surface area (Å²) in [6.07, 6.45) is 1.40. The van der Waals surface area contributed by atoms with Crippen LogP contribution in [0.5, 0.6) is 0 Å². The zero-order valence-electron chi connectivity index (χ0n) is 13.8. The smallest absolute Gasteiger partial charge is 0.159 e. The standard InChI is InChI=1S/C18H17ClFN5/c1-10-3-4-11(2)15(7-10)25-18-16(21)17(22-9-23-18)24-12-5-6-14(20)13(19)8-12/h3-9H,21H2,1-2H3,(H2,22,23,24,25). The molecular formula is C18H17ClFN5. The van der Waals surface area contributed by atoms with Crippen molar-refractivity contribution in [2.75, 3.05) is 16.4 Å². The molecule has 128 valence electrons. The van der Waals surface area contributed by atoms with Crippen molar-refractivity contribution in [3.63, 3.8) is 0 Å². The second-order valence-corrected chi connectivity index (χ2v) is 6.09. The first-order valence-corrected chi connectivity index (χ1v) is 7.98. The maximum absolute atomic E-state index is 13.3. The van der Waals surface area contributed by atoms with Crippen molar-refractivity contribution in [2.45, 2.75) is 13.8 Å². The normalized spacial score (nSPS) is 10.6. The lowest BCUT2D eigenvalue weighted by atomic mass is 10.1. The van der Waals surface area contributed by atoms with Crippen molar-refractivity contribution in [3.8, 4) is 0 Å². The first-order valence-electron chi connectivity index (χ1n) is 7.61. The van der Waals surface area contributed by atoms with Crippen LogP contribution in [0.4, 0.5) is 33.1 Å². The number of nitrogens with two attached hydrogens (primary N) is 1. The van der Waals surface area contributed by atoms with Gasteiger partial charge in [0.25, 0.3) is 0 Å². The third-order valence-corrected chi connectivity index (χ3v) is 4.00. The topological polar surface area (TPSA) is 75.9 Å². The molecule has 1 heterocycles. The summed E-state index contributed by atoms with van der Waals surface area (Å²) in [4.78, 5) is 8.35. The van der Waals surface area contributed by atoms with Gasteiger partial charge in [-0.25, -0.2) is 14.4 Å². The summed E-state index contributed by atoms with van der Waals surface area (Å²) >= 11 is 5.80. The van der Waals surface area contributed by atoms with E-state index in [0.29, 0.717) is 23.0 Å². The Morgan fingerprint density at radius 3 is 2.44 bits per heavy atom. The average molecular weight is 358 g/mol. The quantitative estimate of drug-likeness (QED) is 0.615. The van der Waals surface area contributed by atoms with E-state index in [-0.39, 0.29) is 5.02 Å². The van der Waals surface area contributed by atoms with Crippen molar-refractivity contribution >= 4 is 40.3 Å². The molecule has 0 aliphatic carbocycles. The van der Waals surface area contributed by atoms with E-state index in [2.05, 4.69) is 20.6 Å². The predicted molar refractivity (Wildman–Crippen MR) is 100 cm³/mol. The van der Waals surface area contributed by atoms with Crippen LogP contribution < -0.4 is 16.4 Å². The molecule has 0 amide bonds. The summed E-state index contributed by atoms with van der Waals surface area (Å²) in [5.41, 5.74) is 10.2. The Balaban J connectivity index is 1.89. The highest BCUT2D eigenvalue weighted by Crippen LogP contribution is 2.30. The maximum atomic E-state index is 13.3. The first kappa shape index (κ1) is 17.0. The monoisotopic (exact) mass is 357 g/mol. The molecule has 7 heteroatoms. The zero-order chi connectivity index (χ0) is 18.0. The summed E-state index contributed by atoms with van der Waals surface area (Å²) in [6, 6.07) is 10.4. The molecule has 5 nitrogen and oxygen atoms in total. The second kappa shape index (κ2) is 6.94. The molecule has 1 aromatic heterocycles. The van der Waals surface area contributed by atoms with Crippen molar-refractivity contribution in [3.05, 3.63) is 64.7 Å². The number of hydrogen-bond acceptors (Lipinski definition) is 5. The SMILES string of the molecule is Cc1ccc(C)c(Nc2ncnc(Nc3ccc(F)c(Cl)c3)c2N)c1. The number of benzene rings is 2. The molecule has 4 N–H and O–H groups in total. The van der Waals surface area contributed by atoms with Gasteiger partial charge in [-0.1, -0.05) is 23.7 Å². The lowest BCUT2D eigenvalue weighted by Gasteiger charge is -2.14. The van der Waals surface area contributed by atoms with Crippen LogP contribution in [0.25, 0.3) is 0 Å². The van der Waals surface area contributed by atoms with Gasteiger partial charge in [-0.3, -0.25) is 0 Å². The Morgan fingerprint density at radius 1 is 1.00 bits per heavy atom. The molecule has 0 saturated carbocycles. The minimum atomic E-state index is -0.486. The third kappa shape index (κ3) is 3.80. The summed E-state index contributed by atoms with van der Waals surface area (Å²) in [5, 5.41) is 6.27. The molecule has 0 aliphatic heterocycles.